The quantitative estimate of drug-likeness (QED) is 0.395. The number of hydrogen-bond donors (Lipinski definition) is 1. The van der Waals surface area contributed by atoms with Gasteiger partial charge in [-0.05, 0) is 63.3 Å². The van der Waals surface area contributed by atoms with E-state index in [9.17, 15) is 9.59 Å². The highest BCUT2D eigenvalue weighted by Gasteiger charge is 2.27. The van der Waals surface area contributed by atoms with Crippen LogP contribution in [0.2, 0.25) is 0 Å². The minimum Gasteiger partial charge on any atom is -0.497 e. The van der Waals surface area contributed by atoms with Crippen LogP contribution in [0.25, 0.3) is 10.8 Å². The minimum absolute atomic E-state index is 0.192. The maximum atomic E-state index is 13.3. The molecule has 7 heteroatoms. The van der Waals surface area contributed by atoms with Gasteiger partial charge < -0.3 is 19.7 Å². The zero-order chi connectivity index (χ0) is 24.7. The zero-order valence-corrected chi connectivity index (χ0v) is 21.6. The Kier molecular flexibility index (Phi) is 8.93. The van der Waals surface area contributed by atoms with Crippen molar-refractivity contribution in [3.05, 3.63) is 70.7 Å². The van der Waals surface area contributed by atoms with Crippen molar-refractivity contribution in [1.82, 2.24) is 10.2 Å². The number of amides is 2. The lowest BCUT2D eigenvalue weighted by Crippen LogP contribution is -2.49. The van der Waals surface area contributed by atoms with Gasteiger partial charge in [-0.1, -0.05) is 56.3 Å². The molecule has 2 amide bonds. The minimum atomic E-state index is -0.666. The number of fused-ring (bicyclic) bond motifs is 1. The zero-order valence-electron chi connectivity index (χ0n) is 20.0. The normalized spacial score (nSPS) is 11.8. The molecular weight excluding hydrogens is 496 g/mol. The summed E-state index contributed by atoms with van der Waals surface area (Å²) in [5, 5.41) is 5.00. The van der Waals surface area contributed by atoms with E-state index in [0.29, 0.717) is 24.0 Å². The van der Waals surface area contributed by atoms with Gasteiger partial charge in [-0.3, -0.25) is 9.59 Å². The summed E-state index contributed by atoms with van der Waals surface area (Å²) in [4.78, 5) is 27.7. The molecule has 3 aromatic carbocycles. The van der Waals surface area contributed by atoms with Crippen molar-refractivity contribution in [3.63, 3.8) is 0 Å². The topological polar surface area (TPSA) is 67.9 Å². The lowest BCUT2D eigenvalue weighted by molar-refractivity contribution is -0.142. The van der Waals surface area contributed by atoms with Crippen LogP contribution in [0.5, 0.6) is 11.5 Å². The van der Waals surface area contributed by atoms with Crippen molar-refractivity contribution >= 4 is 38.5 Å². The van der Waals surface area contributed by atoms with Crippen LogP contribution >= 0.6 is 15.9 Å². The molecule has 3 aromatic rings. The molecule has 0 unspecified atom stereocenters. The van der Waals surface area contributed by atoms with E-state index in [2.05, 4.69) is 21.2 Å². The van der Waals surface area contributed by atoms with Crippen LogP contribution in [-0.4, -0.2) is 43.0 Å². The van der Waals surface area contributed by atoms with E-state index in [-0.39, 0.29) is 25.0 Å². The Balaban J connectivity index is 1.79. The van der Waals surface area contributed by atoms with E-state index in [1.807, 2.05) is 74.5 Å². The molecule has 1 atom stereocenters. The van der Waals surface area contributed by atoms with Crippen LogP contribution in [0.1, 0.15) is 26.3 Å². The number of benzene rings is 3. The number of methoxy groups -OCH3 is 1. The Bertz CT molecular complexity index is 1150. The summed E-state index contributed by atoms with van der Waals surface area (Å²) in [6.45, 7) is 6.40. The van der Waals surface area contributed by atoms with Gasteiger partial charge in [-0.25, -0.2) is 0 Å². The van der Waals surface area contributed by atoms with Crippen molar-refractivity contribution in [1.29, 1.82) is 0 Å². The lowest BCUT2D eigenvalue weighted by Gasteiger charge is -2.29. The van der Waals surface area contributed by atoms with E-state index < -0.39 is 6.04 Å². The lowest BCUT2D eigenvalue weighted by atomic mass is 10.1. The van der Waals surface area contributed by atoms with Gasteiger partial charge in [0.15, 0.2) is 6.61 Å². The van der Waals surface area contributed by atoms with Gasteiger partial charge in [0.25, 0.3) is 5.91 Å². The molecule has 0 aromatic heterocycles. The Morgan fingerprint density at radius 2 is 1.79 bits per heavy atom. The Morgan fingerprint density at radius 1 is 1.03 bits per heavy atom. The highest BCUT2D eigenvalue weighted by Crippen LogP contribution is 2.33. The van der Waals surface area contributed by atoms with Crippen molar-refractivity contribution in [3.8, 4) is 11.5 Å². The predicted octanol–water partition coefficient (Wildman–Crippen LogP) is 5.18. The standard InChI is InChI=1S/C27H31BrN2O4/c1-18(2)15-29-27(32)19(3)30(16-20-8-7-10-22(14-20)33-4)25(31)17-34-24-13-12-21-9-5-6-11-23(21)26(24)28/h5-14,18-19H,15-17H2,1-4H3,(H,29,32)/t19-/m0/s1. The predicted molar refractivity (Wildman–Crippen MR) is 138 cm³/mol. The number of halogens is 1. The van der Waals surface area contributed by atoms with Crippen molar-refractivity contribution in [2.24, 2.45) is 5.92 Å². The van der Waals surface area contributed by atoms with Crippen LogP contribution in [0.3, 0.4) is 0 Å². The van der Waals surface area contributed by atoms with Gasteiger partial charge >= 0.3 is 0 Å². The summed E-state index contributed by atoms with van der Waals surface area (Å²) < 4.78 is 12.0. The molecule has 0 aliphatic rings. The Labute approximate surface area is 209 Å². The van der Waals surface area contributed by atoms with E-state index in [4.69, 9.17) is 9.47 Å². The van der Waals surface area contributed by atoms with Gasteiger partial charge in [0.05, 0.1) is 11.6 Å². The number of nitrogens with one attached hydrogen (secondary N) is 1. The van der Waals surface area contributed by atoms with Crippen LogP contribution < -0.4 is 14.8 Å². The highest BCUT2D eigenvalue weighted by atomic mass is 79.9. The van der Waals surface area contributed by atoms with E-state index in [1.54, 1.807) is 18.9 Å². The summed E-state index contributed by atoms with van der Waals surface area (Å²) in [5.41, 5.74) is 0.864. The third-order valence-corrected chi connectivity index (χ3v) is 6.34. The summed E-state index contributed by atoms with van der Waals surface area (Å²) in [6, 6.07) is 18.5. The van der Waals surface area contributed by atoms with Gasteiger partial charge in [0.2, 0.25) is 5.91 Å². The highest BCUT2D eigenvalue weighted by molar-refractivity contribution is 9.10. The van der Waals surface area contributed by atoms with Crippen LogP contribution in [0, 0.1) is 5.92 Å². The first-order valence-corrected chi connectivity index (χ1v) is 12.1. The Hall–Kier alpha value is -3.06. The van der Waals surface area contributed by atoms with Crippen LogP contribution in [0.4, 0.5) is 0 Å². The van der Waals surface area contributed by atoms with Crippen LogP contribution in [0.15, 0.2) is 65.1 Å². The van der Waals surface area contributed by atoms with Crippen molar-refractivity contribution in [2.75, 3.05) is 20.3 Å². The fraction of sp³-hybridized carbons (Fsp3) is 0.333. The van der Waals surface area contributed by atoms with Gasteiger partial charge in [-0.15, -0.1) is 0 Å². The molecule has 3 rings (SSSR count). The number of nitrogens with zero attached hydrogens (tertiary/aromatic N) is 1. The molecule has 6 nitrogen and oxygen atoms in total. The monoisotopic (exact) mass is 526 g/mol. The van der Waals surface area contributed by atoms with Crippen molar-refractivity contribution in [2.45, 2.75) is 33.4 Å². The summed E-state index contributed by atoms with van der Waals surface area (Å²) in [6.07, 6.45) is 0. The SMILES string of the molecule is COc1cccc(CN(C(=O)COc2ccc3ccccc3c2Br)[C@@H](C)C(=O)NCC(C)C)c1. The molecule has 0 radical (unpaired) electrons. The van der Waals surface area contributed by atoms with E-state index in [1.165, 1.54) is 0 Å². The third kappa shape index (κ3) is 6.50. The van der Waals surface area contributed by atoms with Crippen molar-refractivity contribution < 1.29 is 19.1 Å². The number of rotatable bonds is 10. The molecule has 0 aliphatic heterocycles. The number of hydrogen-bond acceptors (Lipinski definition) is 4. The largest absolute Gasteiger partial charge is 0.497 e. The average Bonchev–Trinajstić information content (AvgIpc) is 2.85. The van der Waals surface area contributed by atoms with Crippen LogP contribution in [-0.2, 0) is 16.1 Å². The molecule has 0 saturated carbocycles. The number of carbonyl (C=O) groups excluding carboxylic acids is 2. The molecule has 0 spiro atoms. The molecule has 0 saturated heterocycles. The molecule has 0 fully saturated rings. The van der Waals surface area contributed by atoms with Gasteiger partial charge in [0.1, 0.15) is 17.5 Å². The summed E-state index contributed by atoms with van der Waals surface area (Å²) in [7, 11) is 1.60. The molecule has 0 bridgehead atoms. The number of ether oxygens (including phenoxy) is 2. The second-order valence-corrected chi connectivity index (χ2v) is 9.37. The summed E-state index contributed by atoms with van der Waals surface area (Å²) >= 11 is 3.60. The maximum Gasteiger partial charge on any atom is 0.261 e. The van der Waals surface area contributed by atoms with E-state index >= 15 is 0 Å². The average molecular weight is 527 g/mol. The Morgan fingerprint density at radius 3 is 2.53 bits per heavy atom. The molecular formula is C27H31BrN2O4. The second kappa shape index (κ2) is 11.9. The smallest absolute Gasteiger partial charge is 0.261 e. The molecule has 0 heterocycles. The third-order valence-electron chi connectivity index (χ3n) is 5.52. The fourth-order valence-corrected chi connectivity index (χ4v) is 4.16. The first-order valence-electron chi connectivity index (χ1n) is 11.3. The first-order chi connectivity index (χ1) is 16.3. The molecule has 1 N–H and O–H groups in total. The molecule has 34 heavy (non-hydrogen) atoms. The second-order valence-electron chi connectivity index (χ2n) is 8.58. The summed E-state index contributed by atoms with van der Waals surface area (Å²) in [5.74, 6) is 1.10. The molecule has 0 aliphatic carbocycles. The fourth-order valence-electron chi connectivity index (χ4n) is 3.55. The number of carbonyl (C=O) groups is 2. The molecule has 180 valence electrons. The first kappa shape index (κ1) is 25.6. The van der Waals surface area contributed by atoms with E-state index in [0.717, 1.165) is 20.8 Å². The van der Waals surface area contributed by atoms with Gasteiger partial charge in [-0.2, -0.15) is 0 Å². The van der Waals surface area contributed by atoms with Gasteiger partial charge in [0, 0.05) is 13.1 Å². The maximum absolute atomic E-state index is 13.3.